The number of imidazole rings is 1. The fourth-order valence-electron chi connectivity index (χ4n) is 2.69. The van der Waals surface area contributed by atoms with E-state index in [1.165, 1.54) is 12.8 Å². The van der Waals surface area contributed by atoms with Crippen molar-refractivity contribution in [3.05, 3.63) is 17.7 Å². The Morgan fingerprint density at radius 1 is 1.36 bits per heavy atom. The van der Waals surface area contributed by atoms with Crippen LogP contribution in [0.5, 0.6) is 0 Å². The number of fused-ring (bicyclic) bond motifs is 1. The van der Waals surface area contributed by atoms with E-state index in [-0.39, 0.29) is 11.9 Å². The van der Waals surface area contributed by atoms with E-state index in [9.17, 15) is 9.59 Å². The molecule has 0 aromatic carbocycles. The molecule has 1 aliphatic carbocycles. The molecule has 1 saturated carbocycles. The molecular formula is C15H23N5O2. The lowest BCUT2D eigenvalue weighted by atomic mass is 10.3. The number of hydrogen-bond donors (Lipinski definition) is 1. The molecule has 0 saturated heterocycles. The van der Waals surface area contributed by atoms with Gasteiger partial charge in [-0.2, -0.15) is 0 Å². The van der Waals surface area contributed by atoms with E-state index in [1.807, 2.05) is 6.20 Å². The van der Waals surface area contributed by atoms with Gasteiger partial charge in [0, 0.05) is 39.8 Å². The third kappa shape index (κ3) is 3.40. The van der Waals surface area contributed by atoms with Crippen LogP contribution in [0.1, 0.15) is 30.8 Å². The molecule has 1 fully saturated rings. The molecule has 1 N–H and O–H groups in total. The molecule has 0 spiro atoms. The van der Waals surface area contributed by atoms with Crippen LogP contribution in [-0.4, -0.2) is 51.9 Å². The van der Waals surface area contributed by atoms with E-state index in [0.717, 1.165) is 18.1 Å². The van der Waals surface area contributed by atoms with Crippen molar-refractivity contribution in [3.63, 3.8) is 0 Å². The number of carbonyl (C=O) groups is 2. The minimum Gasteiger partial charge on any atom is -0.350 e. The zero-order valence-electron chi connectivity index (χ0n) is 13.2. The van der Waals surface area contributed by atoms with E-state index < -0.39 is 0 Å². The van der Waals surface area contributed by atoms with E-state index in [4.69, 9.17) is 0 Å². The van der Waals surface area contributed by atoms with Crippen molar-refractivity contribution >= 4 is 11.9 Å². The molecule has 120 valence electrons. The van der Waals surface area contributed by atoms with Gasteiger partial charge in [-0.1, -0.05) is 0 Å². The first-order chi connectivity index (χ1) is 10.5. The average Bonchev–Trinajstić information content (AvgIpc) is 3.20. The van der Waals surface area contributed by atoms with Gasteiger partial charge < -0.3 is 19.7 Å². The summed E-state index contributed by atoms with van der Waals surface area (Å²) >= 11 is 0. The highest BCUT2D eigenvalue weighted by atomic mass is 16.2. The van der Waals surface area contributed by atoms with Gasteiger partial charge >= 0.3 is 6.03 Å². The second-order valence-corrected chi connectivity index (χ2v) is 6.36. The van der Waals surface area contributed by atoms with Crippen LogP contribution in [0.4, 0.5) is 4.79 Å². The van der Waals surface area contributed by atoms with Crippen LogP contribution in [0.25, 0.3) is 0 Å². The Morgan fingerprint density at radius 3 is 2.82 bits per heavy atom. The Bertz CT molecular complexity index is 576. The van der Waals surface area contributed by atoms with Crippen LogP contribution in [-0.2, 0) is 24.4 Å². The summed E-state index contributed by atoms with van der Waals surface area (Å²) in [7, 11) is 3.51. The lowest BCUT2D eigenvalue weighted by Crippen LogP contribution is -2.43. The van der Waals surface area contributed by atoms with Crippen molar-refractivity contribution < 1.29 is 9.59 Å². The number of urea groups is 1. The van der Waals surface area contributed by atoms with Gasteiger partial charge in [0.15, 0.2) is 0 Å². The fourth-order valence-corrected chi connectivity index (χ4v) is 2.69. The summed E-state index contributed by atoms with van der Waals surface area (Å²) < 4.78 is 2.07. The number of nitrogens with zero attached hydrogens (tertiary/aromatic N) is 4. The number of rotatable bonds is 4. The Morgan fingerprint density at radius 2 is 2.14 bits per heavy atom. The standard InChI is InChI=1S/C15H23N5O2/c1-18(2)15(22)20-6-5-19-9-12(17-13(19)10-20)8-16-14(21)7-11-3-4-11/h9,11H,3-8,10H2,1-2H3,(H,16,21). The quantitative estimate of drug-likeness (QED) is 0.894. The van der Waals surface area contributed by atoms with Crippen molar-refractivity contribution in [1.82, 2.24) is 24.7 Å². The van der Waals surface area contributed by atoms with Crippen LogP contribution in [0, 0.1) is 5.92 Å². The number of carbonyl (C=O) groups excluding carboxylic acids is 2. The van der Waals surface area contributed by atoms with E-state index >= 15 is 0 Å². The second kappa shape index (κ2) is 5.98. The van der Waals surface area contributed by atoms with Crippen LogP contribution < -0.4 is 5.32 Å². The smallest absolute Gasteiger partial charge is 0.319 e. The summed E-state index contributed by atoms with van der Waals surface area (Å²) in [6, 6.07) is 0.00790. The van der Waals surface area contributed by atoms with Crippen LogP contribution in [0.15, 0.2) is 6.20 Å². The molecule has 0 atom stereocenters. The first kappa shape index (κ1) is 14.9. The molecule has 2 aliphatic rings. The lowest BCUT2D eigenvalue weighted by molar-refractivity contribution is -0.121. The Kier molecular flexibility index (Phi) is 4.04. The second-order valence-electron chi connectivity index (χ2n) is 6.36. The first-order valence-electron chi connectivity index (χ1n) is 7.81. The lowest BCUT2D eigenvalue weighted by Gasteiger charge is -2.29. The van der Waals surface area contributed by atoms with E-state index in [2.05, 4.69) is 14.9 Å². The Balaban J connectivity index is 1.56. The molecule has 0 unspecified atom stereocenters. The molecule has 7 nitrogen and oxygen atoms in total. The van der Waals surface area contributed by atoms with Crippen LogP contribution in [0.3, 0.4) is 0 Å². The molecule has 1 aromatic heterocycles. The SMILES string of the molecule is CN(C)C(=O)N1CCn2cc(CNC(=O)CC3CC3)nc2C1. The van der Waals surface area contributed by atoms with Gasteiger partial charge in [-0.25, -0.2) is 9.78 Å². The van der Waals surface area contributed by atoms with Crippen molar-refractivity contribution in [3.8, 4) is 0 Å². The molecule has 1 aliphatic heterocycles. The zero-order valence-corrected chi connectivity index (χ0v) is 13.2. The minimum atomic E-state index is 0.00790. The van der Waals surface area contributed by atoms with Gasteiger partial charge in [-0.05, 0) is 18.8 Å². The maximum Gasteiger partial charge on any atom is 0.319 e. The summed E-state index contributed by atoms with van der Waals surface area (Å²) in [5.41, 5.74) is 0.860. The molecule has 0 bridgehead atoms. The Hall–Kier alpha value is -2.05. The number of hydrogen-bond acceptors (Lipinski definition) is 3. The monoisotopic (exact) mass is 305 g/mol. The number of amides is 3. The third-order valence-corrected chi connectivity index (χ3v) is 4.14. The molecule has 3 rings (SSSR count). The maximum absolute atomic E-state index is 12.0. The zero-order chi connectivity index (χ0) is 15.7. The summed E-state index contributed by atoms with van der Waals surface area (Å²) in [5.74, 6) is 1.59. The summed E-state index contributed by atoms with van der Waals surface area (Å²) in [5, 5.41) is 2.93. The molecule has 7 heteroatoms. The first-order valence-corrected chi connectivity index (χ1v) is 7.81. The molecular weight excluding hydrogens is 282 g/mol. The van der Waals surface area contributed by atoms with Gasteiger partial charge in [-0.3, -0.25) is 4.79 Å². The molecule has 2 heterocycles. The van der Waals surface area contributed by atoms with Gasteiger partial charge in [0.25, 0.3) is 0 Å². The normalized spacial score (nSPS) is 17.1. The molecule has 3 amide bonds. The van der Waals surface area contributed by atoms with Crippen molar-refractivity contribution in [1.29, 1.82) is 0 Å². The average molecular weight is 305 g/mol. The van der Waals surface area contributed by atoms with E-state index in [0.29, 0.717) is 32.0 Å². The molecule has 1 aromatic rings. The third-order valence-electron chi connectivity index (χ3n) is 4.14. The maximum atomic E-state index is 12.0. The predicted molar refractivity (Wildman–Crippen MR) is 80.9 cm³/mol. The topological polar surface area (TPSA) is 70.5 Å². The minimum absolute atomic E-state index is 0.00790. The van der Waals surface area contributed by atoms with Crippen LogP contribution in [0.2, 0.25) is 0 Å². The van der Waals surface area contributed by atoms with Crippen molar-refractivity contribution in [2.24, 2.45) is 5.92 Å². The highest BCUT2D eigenvalue weighted by molar-refractivity contribution is 5.76. The predicted octanol–water partition coefficient (Wildman–Crippen LogP) is 0.797. The van der Waals surface area contributed by atoms with Gasteiger partial charge in [0.2, 0.25) is 5.91 Å². The van der Waals surface area contributed by atoms with Gasteiger partial charge in [0.05, 0.1) is 18.8 Å². The van der Waals surface area contributed by atoms with Crippen LogP contribution >= 0.6 is 0 Å². The van der Waals surface area contributed by atoms with Crippen molar-refractivity contribution in [2.45, 2.75) is 38.9 Å². The molecule has 0 radical (unpaired) electrons. The highest BCUT2D eigenvalue weighted by Gasteiger charge is 2.25. The van der Waals surface area contributed by atoms with Gasteiger partial charge in [-0.15, -0.1) is 0 Å². The summed E-state index contributed by atoms with van der Waals surface area (Å²) in [6.45, 7) is 2.42. The Labute approximate surface area is 130 Å². The largest absolute Gasteiger partial charge is 0.350 e. The molecule has 22 heavy (non-hydrogen) atoms. The van der Waals surface area contributed by atoms with E-state index in [1.54, 1.807) is 23.9 Å². The van der Waals surface area contributed by atoms with Gasteiger partial charge in [0.1, 0.15) is 5.82 Å². The number of aromatic nitrogens is 2. The summed E-state index contributed by atoms with van der Waals surface area (Å²) in [4.78, 5) is 31.6. The highest BCUT2D eigenvalue weighted by Crippen LogP contribution is 2.32. The number of nitrogens with one attached hydrogen (secondary N) is 1. The summed E-state index contributed by atoms with van der Waals surface area (Å²) in [6.07, 6.45) is 4.98. The van der Waals surface area contributed by atoms with Crippen molar-refractivity contribution in [2.75, 3.05) is 20.6 Å². The fraction of sp³-hybridized carbons (Fsp3) is 0.667.